The third-order valence-electron chi connectivity index (χ3n) is 4.22. The van der Waals surface area contributed by atoms with Crippen molar-refractivity contribution >= 4 is 5.91 Å². The summed E-state index contributed by atoms with van der Waals surface area (Å²) in [5.74, 6) is 0.121. The number of hydrogen-bond acceptors (Lipinski definition) is 2. The Hall–Kier alpha value is -1.35. The zero-order valence-electron chi connectivity index (χ0n) is 12.1. The maximum Gasteiger partial charge on any atom is 0.227 e. The molecule has 0 atom stereocenters. The molecule has 104 valence electrons. The number of carbonyl (C=O) groups excluding carboxylic acids is 1. The van der Waals surface area contributed by atoms with E-state index in [1.807, 2.05) is 0 Å². The molecule has 0 radical (unpaired) electrons. The molecule has 1 aromatic carbocycles. The average molecular weight is 260 g/mol. The lowest BCUT2D eigenvalue weighted by atomic mass is 9.83. The van der Waals surface area contributed by atoms with Crippen LogP contribution < -0.4 is 11.1 Å². The summed E-state index contributed by atoms with van der Waals surface area (Å²) in [5, 5.41) is 3.08. The number of amides is 1. The third-order valence-corrected chi connectivity index (χ3v) is 4.22. The van der Waals surface area contributed by atoms with E-state index in [2.05, 4.69) is 50.4 Å². The van der Waals surface area contributed by atoms with Gasteiger partial charge in [0.25, 0.3) is 0 Å². The van der Waals surface area contributed by atoms with Crippen molar-refractivity contribution in [2.45, 2.75) is 39.0 Å². The van der Waals surface area contributed by atoms with E-state index in [0.717, 1.165) is 12.8 Å². The monoisotopic (exact) mass is 260 g/mol. The van der Waals surface area contributed by atoms with Crippen molar-refractivity contribution in [2.24, 2.45) is 11.1 Å². The van der Waals surface area contributed by atoms with Gasteiger partial charge >= 0.3 is 0 Å². The van der Waals surface area contributed by atoms with E-state index in [4.69, 9.17) is 5.73 Å². The third kappa shape index (κ3) is 2.98. The number of nitrogens with two attached hydrogens (primary N) is 1. The van der Waals surface area contributed by atoms with Gasteiger partial charge in [-0.25, -0.2) is 0 Å². The van der Waals surface area contributed by atoms with E-state index in [9.17, 15) is 4.79 Å². The van der Waals surface area contributed by atoms with Crippen LogP contribution in [0, 0.1) is 12.3 Å². The smallest absolute Gasteiger partial charge is 0.227 e. The molecule has 0 aromatic heterocycles. The van der Waals surface area contributed by atoms with Crippen LogP contribution in [0.1, 0.15) is 37.8 Å². The molecular formula is C16H24N2O. The van der Waals surface area contributed by atoms with Crippen LogP contribution in [0.15, 0.2) is 24.3 Å². The SMILES string of the molecule is Cc1cccc(C(C)(C)CNC(=O)C2(CN)CC2)c1. The Morgan fingerprint density at radius 2 is 2.11 bits per heavy atom. The molecule has 1 aromatic rings. The van der Waals surface area contributed by atoms with Crippen molar-refractivity contribution < 1.29 is 4.79 Å². The van der Waals surface area contributed by atoms with Gasteiger partial charge in [-0.05, 0) is 25.3 Å². The fraction of sp³-hybridized carbons (Fsp3) is 0.562. The van der Waals surface area contributed by atoms with Gasteiger partial charge in [-0.1, -0.05) is 43.7 Å². The van der Waals surface area contributed by atoms with Gasteiger partial charge in [0.2, 0.25) is 5.91 Å². The highest BCUT2D eigenvalue weighted by Crippen LogP contribution is 2.44. The zero-order valence-corrected chi connectivity index (χ0v) is 12.1. The molecule has 0 unspecified atom stereocenters. The number of benzene rings is 1. The van der Waals surface area contributed by atoms with Crippen LogP contribution in [-0.4, -0.2) is 19.0 Å². The van der Waals surface area contributed by atoms with Gasteiger partial charge in [0.1, 0.15) is 0 Å². The molecule has 3 heteroatoms. The highest BCUT2D eigenvalue weighted by atomic mass is 16.2. The zero-order chi connectivity index (χ0) is 14.1. The summed E-state index contributed by atoms with van der Waals surface area (Å²) in [7, 11) is 0. The van der Waals surface area contributed by atoms with Gasteiger partial charge < -0.3 is 11.1 Å². The molecule has 1 amide bonds. The molecule has 0 bridgehead atoms. The Bertz CT molecular complexity index is 475. The fourth-order valence-corrected chi connectivity index (χ4v) is 2.33. The molecule has 2 rings (SSSR count). The Kier molecular flexibility index (Phi) is 3.68. The Balaban J connectivity index is 2.00. The average Bonchev–Trinajstić information content (AvgIpc) is 3.17. The van der Waals surface area contributed by atoms with Crippen LogP contribution in [0.4, 0.5) is 0 Å². The predicted molar refractivity (Wildman–Crippen MR) is 77.9 cm³/mol. The minimum Gasteiger partial charge on any atom is -0.355 e. The minimum absolute atomic E-state index is 0.0631. The van der Waals surface area contributed by atoms with Gasteiger partial charge in [0.15, 0.2) is 0 Å². The molecule has 1 aliphatic carbocycles. The molecule has 0 saturated heterocycles. The lowest BCUT2D eigenvalue weighted by molar-refractivity contribution is -0.126. The molecule has 1 aliphatic rings. The van der Waals surface area contributed by atoms with E-state index in [0.29, 0.717) is 13.1 Å². The maximum absolute atomic E-state index is 12.1. The van der Waals surface area contributed by atoms with Gasteiger partial charge in [-0.15, -0.1) is 0 Å². The Morgan fingerprint density at radius 3 is 2.63 bits per heavy atom. The molecule has 3 N–H and O–H groups in total. The lowest BCUT2D eigenvalue weighted by Gasteiger charge is -2.27. The van der Waals surface area contributed by atoms with Crippen LogP contribution in [0.25, 0.3) is 0 Å². The van der Waals surface area contributed by atoms with Gasteiger partial charge in [-0.3, -0.25) is 4.79 Å². The number of aryl methyl sites for hydroxylation is 1. The van der Waals surface area contributed by atoms with Crippen LogP contribution in [-0.2, 0) is 10.2 Å². The predicted octanol–water partition coefficient (Wildman–Crippen LogP) is 2.13. The second kappa shape index (κ2) is 4.97. The molecule has 0 spiro atoms. The molecule has 19 heavy (non-hydrogen) atoms. The van der Waals surface area contributed by atoms with Crippen molar-refractivity contribution in [1.82, 2.24) is 5.32 Å². The largest absolute Gasteiger partial charge is 0.355 e. The first kappa shape index (κ1) is 14.1. The fourth-order valence-electron chi connectivity index (χ4n) is 2.33. The lowest BCUT2D eigenvalue weighted by Crippen LogP contribution is -2.42. The number of carbonyl (C=O) groups is 1. The van der Waals surface area contributed by atoms with Crippen molar-refractivity contribution in [3.05, 3.63) is 35.4 Å². The van der Waals surface area contributed by atoms with Crippen molar-refractivity contribution in [2.75, 3.05) is 13.1 Å². The second-order valence-electron chi connectivity index (χ2n) is 6.42. The highest BCUT2D eigenvalue weighted by Gasteiger charge is 2.48. The van der Waals surface area contributed by atoms with E-state index in [1.165, 1.54) is 11.1 Å². The Morgan fingerprint density at radius 1 is 1.42 bits per heavy atom. The number of rotatable bonds is 5. The van der Waals surface area contributed by atoms with Crippen LogP contribution in [0.3, 0.4) is 0 Å². The van der Waals surface area contributed by atoms with E-state index < -0.39 is 0 Å². The summed E-state index contributed by atoms with van der Waals surface area (Å²) < 4.78 is 0. The topological polar surface area (TPSA) is 55.1 Å². The standard InChI is InChI=1S/C16H24N2O/c1-12-5-4-6-13(9-12)15(2,3)11-18-14(19)16(10-17)7-8-16/h4-6,9H,7-8,10-11,17H2,1-3H3,(H,18,19). The van der Waals surface area contributed by atoms with Crippen LogP contribution in [0.5, 0.6) is 0 Å². The summed E-state index contributed by atoms with van der Waals surface area (Å²) in [5.41, 5.74) is 7.86. The first-order chi connectivity index (χ1) is 8.89. The molecule has 0 heterocycles. The van der Waals surface area contributed by atoms with Crippen LogP contribution in [0.2, 0.25) is 0 Å². The van der Waals surface area contributed by atoms with Crippen molar-refractivity contribution in [3.8, 4) is 0 Å². The van der Waals surface area contributed by atoms with E-state index >= 15 is 0 Å². The first-order valence-electron chi connectivity index (χ1n) is 6.95. The van der Waals surface area contributed by atoms with Gasteiger partial charge in [-0.2, -0.15) is 0 Å². The molecular weight excluding hydrogens is 236 g/mol. The molecule has 0 aliphatic heterocycles. The van der Waals surface area contributed by atoms with Crippen molar-refractivity contribution in [1.29, 1.82) is 0 Å². The Labute approximate surface area is 115 Å². The normalized spacial score (nSPS) is 17.1. The van der Waals surface area contributed by atoms with Crippen LogP contribution >= 0.6 is 0 Å². The highest BCUT2D eigenvalue weighted by molar-refractivity contribution is 5.85. The van der Waals surface area contributed by atoms with Gasteiger partial charge in [0, 0.05) is 18.5 Å². The van der Waals surface area contributed by atoms with Gasteiger partial charge in [0.05, 0.1) is 5.41 Å². The summed E-state index contributed by atoms with van der Waals surface area (Å²) >= 11 is 0. The molecule has 1 saturated carbocycles. The summed E-state index contributed by atoms with van der Waals surface area (Å²) in [4.78, 5) is 12.1. The molecule has 1 fully saturated rings. The first-order valence-corrected chi connectivity index (χ1v) is 6.95. The molecule has 3 nitrogen and oxygen atoms in total. The second-order valence-corrected chi connectivity index (χ2v) is 6.42. The number of hydrogen-bond donors (Lipinski definition) is 2. The summed E-state index contributed by atoms with van der Waals surface area (Å²) in [6.45, 7) is 7.51. The van der Waals surface area contributed by atoms with E-state index in [1.54, 1.807) is 0 Å². The maximum atomic E-state index is 12.1. The summed E-state index contributed by atoms with van der Waals surface area (Å²) in [6, 6.07) is 8.46. The van der Waals surface area contributed by atoms with E-state index in [-0.39, 0.29) is 16.7 Å². The van der Waals surface area contributed by atoms with Crippen molar-refractivity contribution in [3.63, 3.8) is 0 Å². The summed E-state index contributed by atoms with van der Waals surface area (Å²) in [6.07, 6.45) is 1.86. The number of nitrogens with one attached hydrogen (secondary N) is 1. The minimum atomic E-state index is -0.261. The quantitative estimate of drug-likeness (QED) is 0.852.